The monoisotopic (exact) mass is 194 g/mol. The van der Waals surface area contributed by atoms with Gasteiger partial charge in [0.2, 0.25) is 0 Å². The van der Waals surface area contributed by atoms with Gasteiger partial charge in [0.15, 0.2) is 10.8 Å². The highest BCUT2D eigenvalue weighted by Crippen LogP contribution is 2.15. The molecule has 0 amide bonds. The average Bonchev–Trinajstić information content (AvgIpc) is 2.57. The summed E-state index contributed by atoms with van der Waals surface area (Å²) >= 11 is 1.34. The third-order valence-corrected chi connectivity index (χ3v) is 2.20. The van der Waals surface area contributed by atoms with E-state index in [4.69, 9.17) is 0 Å². The second kappa shape index (κ2) is 3.53. The highest BCUT2D eigenvalue weighted by atomic mass is 32.2. The number of fused-ring (bicyclic) bond motifs is 1. The van der Waals surface area contributed by atoms with E-state index in [2.05, 4.69) is 19.9 Å². The number of nitrogens with one attached hydrogen (secondary N) is 1. The van der Waals surface area contributed by atoms with Crippen molar-refractivity contribution in [2.45, 2.75) is 5.16 Å². The molecule has 0 spiro atoms. The first kappa shape index (κ1) is 8.18. The Morgan fingerprint density at radius 2 is 2.54 bits per heavy atom. The van der Waals surface area contributed by atoms with Crippen LogP contribution in [0.1, 0.15) is 0 Å². The maximum absolute atomic E-state index is 10.1. The summed E-state index contributed by atoms with van der Waals surface area (Å²) in [6, 6.07) is 0. The third-order valence-electron chi connectivity index (χ3n) is 1.43. The van der Waals surface area contributed by atoms with Gasteiger partial charge in [-0.2, -0.15) is 0 Å². The number of carbonyl (C=O) groups excluding carboxylic acids is 1. The number of H-pyrrole nitrogens is 1. The SMILES string of the molecule is O=CCSc1nc2ncncc2[nH]1. The molecule has 2 aromatic heterocycles. The summed E-state index contributed by atoms with van der Waals surface area (Å²) in [6.07, 6.45) is 3.93. The van der Waals surface area contributed by atoms with E-state index < -0.39 is 0 Å². The maximum Gasteiger partial charge on any atom is 0.181 e. The molecular formula is C7H6N4OS. The number of imidazole rings is 1. The van der Waals surface area contributed by atoms with Gasteiger partial charge in [-0.05, 0) is 0 Å². The summed E-state index contributed by atoms with van der Waals surface area (Å²) in [5, 5.41) is 0.697. The van der Waals surface area contributed by atoms with Gasteiger partial charge in [-0.15, -0.1) is 0 Å². The lowest BCUT2D eigenvalue weighted by molar-refractivity contribution is -0.105. The van der Waals surface area contributed by atoms with Gasteiger partial charge in [0.05, 0.1) is 11.9 Å². The Balaban J connectivity index is 2.32. The van der Waals surface area contributed by atoms with Gasteiger partial charge in [0.1, 0.15) is 18.1 Å². The molecule has 0 fully saturated rings. The molecule has 66 valence electrons. The molecule has 0 aliphatic heterocycles. The molecule has 0 radical (unpaired) electrons. The first-order valence-electron chi connectivity index (χ1n) is 3.62. The fourth-order valence-electron chi connectivity index (χ4n) is 0.921. The Labute approximate surface area is 78.0 Å². The van der Waals surface area contributed by atoms with Crippen LogP contribution in [0.3, 0.4) is 0 Å². The van der Waals surface area contributed by atoms with Crippen LogP contribution in [0.2, 0.25) is 0 Å². The molecule has 0 bridgehead atoms. The van der Waals surface area contributed by atoms with Crippen molar-refractivity contribution in [1.29, 1.82) is 0 Å². The number of hydrogen-bond acceptors (Lipinski definition) is 5. The van der Waals surface area contributed by atoms with Crippen molar-refractivity contribution < 1.29 is 4.79 Å². The largest absolute Gasteiger partial charge is 0.330 e. The summed E-state index contributed by atoms with van der Waals surface area (Å²) < 4.78 is 0. The van der Waals surface area contributed by atoms with Crippen molar-refractivity contribution >= 4 is 29.2 Å². The molecular weight excluding hydrogens is 188 g/mol. The van der Waals surface area contributed by atoms with Gasteiger partial charge in [-0.25, -0.2) is 15.0 Å². The number of hydrogen-bond donors (Lipinski definition) is 1. The van der Waals surface area contributed by atoms with E-state index in [0.29, 0.717) is 16.6 Å². The summed E-state index contributed by atoms with van der Waals surface area (Å²) in [7, 11) is 0. The number of aromatic nitrogens is 4. The van der Waals surface area contributed by atoms with Gasteiger partial charge in [-0.1, -0.05) is 11.8 Å². The zero-order valence-corrected chi connectivity index (χ0v) is 7.41. The molecule has 0 atom stereocenters. The van der Waals surface area contributed by atoms with Crippen LogP contribution in [-0.2, 0) is 4.79 Å². The van der Waals surface area contributed by atoms with Gasteiger partial charge in [-0.3, -0.25) is 0 Å². The van der Waals surface area contributed by atoms with E-state index in [9.17, 15) is 4.79 Å². The smallest absolute Gasteiger partial charge is 0.181 e. The second-order valence-corrected chi connectivity index (χ2v) is 3.29. The maximum atomic E-state index is 10.1. The highest BCUT2D eigenvalue weighted by Gasteiger charge is 2.02. The quantitative estimate of drug-likeness (QED) is 0.573. The van der Waals surface area contributed by atoms with Crippen molar-refractivity contribution in [3.05, 3.63) is 12.5 Å². The molecule has 0 saturated carbocycles. The molecule has 0 aromatic carbocycles. The van der Waals surface area contributed by atoms with E-state index in [1.807, 2.05) is 0 Å². The van der Waals surface area contributed by atoms with Gasteiger partial charge >= 0.3 is 0 Å². The molecule has 0 aliphatic rings. The fourth-order valence-corrected chi connectivity index (χ4v) is 1.48. The lowest BCUT2D eigenvalue weighted by atomic mass is 10.6. The number of carbonyl (C=O) groups is 1. The fraction of sp³-hybridized carbons (Fsp3) is 0.143. The molecule has 5 nitrogen and oxygen atoms in total. The highest BCUT2D eigenvalue weighted by molar-refractivity contribution is 7.99. The number of rotatable bonds is 3. The van der Waals surface area contributed by atoms with Crippen molar-refractivity contribution in [2.75, 3.05) is 5.75 Å². The van der Waals surface area contributed by atoms with Crippen LogP contribution in [0.25, 0.3) is 11.2 Å². The zero-order valence-electron chi connectivity index (χ0n) is 6.60. The first-order valence-corrected chi connectivity index (χ1v) is 4.61. The van der Waals surface area contributed by atoms with Crippen LogP contribution in [-0.4, -0.2) is 32.0 Å². The van der Waals surface area contributed by atoms with Crippen molar-refractivity contribution in [2.24, 2.45) is 0 Å². The molecule has 6 heteroatoms. The summed E-state index contributed by atoms with van der Waals surface area (Å²) in [6.45, 7) is 0. The molecule has 2 heterocycles. The Kier molecular flexibility index (Phi) is 2.22. The van der Waals surface area contributed by atoms with Crippen molar-refractivity contribution in [3.63, 3.8) is 0 Å². The number of aldehydes is 1. The number of nitrogens with zero attached hydrogens (tertiary/aromatic N) is 3. The lowest BCUT2D eigenvalue weighted by Crippen LogP contribution is -1.80. The molecule has 0 saturated heterocycles. The average molecular weight is 194 g/mol. The van der Waals surface area contributed by atoms with Crippen LogP contribution >= 0.6 is 11.8 Å². The Hall–Kier alpha value is -1.43. The normalized spacial score (nSPS) is 10.5. The van der Waals surface area contributed by atoms with E-state index >= 15 is 0 Å². The molecule has 0 aliphatic carbocycles. The summed E-state index contributed by atoms with van der Waals surface area (Å²) in [5.74, 6) is 0.396. The summed E-state index contributed by atoms with van der Waals surface area (Å²) in [5.41, 5.74) is 1.42. The first-order chi connectivity index (χ1) is 6.40. The van der Waals surface area contributed by atoms with E-state index in [0.717, 1.165) is 11.8 Å². The van der Waals surface area contributed by atoms with Crippen LogP contribution in [0.4, 0.5) is 0 Å². The Morgan fingerprint density at radius 3 is 3.31 bits per heavy atom. The number of thioether (sulfide) groups is 1. The minimum absolute atomic E-state index is 0.396. The van der Waals surface area contributed by atoms with E-state index in [1.54, 1.807) is 6.20 Å². The predicted octanol–water partition coefficient (Wildman–Crippen LogP) is 0.644. The van der Waals surface area contributed by atoms with Crippen molar-refractivity contribution in [1.82, 2.24) is 19.9 Å². The minimum Gasteiger partial charge on any atom is -0.330 e. The molecule has 13 heavy (non-hydrogen) atoms. The second-order valence-electron chi connectivity index (χ2n) is 2.28. The molecule has 0 unspecified atom stereocenters. The van der Waals surface area contributed by atoms with E-state index in [-0.39, 0.29) is 0 Å². The topological polar surface area (TPSA) is 71.5 Å². The van der Waals surface area contributed by atoms with Gasteiger partial charge in [0, 0.05) is 0 Å². The van der Waals surface area contributed by atoms with E-state index in [1.165, 1.54) is 18.1 Å². The zero-order chi connectivity index (χ0) is 9.10. The van der Waals surface area contributed by atoms with Crippen LogP contribution < -0.4 is 0 Å². The Bertz CT molecular complexity index is 394. The van der Waals surface area contributed by atoms with Crippen LogP contribution in [0.15, 0.2) is 17.7 Å². The third kappa shape index (κ3) is 1.67. The molecule has 2 rings (SSSR count). The van der Waals surface area contributed by atoms with Crippen LogP contribution in [0.5, 0.6) is 0 Å². The molecule has 2 aromatic rings. The lowest BCUT2D eigenvalue weighted by Gasteiger charge is -1.85. The predicted molar refractivity (Wildman–Crippen MR) is 48.5 cm³/mol. The van der Waals surface area contributed by atoms with Gasteiger partial charge < -0.3 is 9.78 Å². The Morgan fingerprint density at radius 1 is 1.62 bits per heavy atom. The summed E-state index contributed by atoms with van der Waals surface area (Å²) in [4.78, 5) is 25.0. The minimum atomic E-state index is 0.396. The van der Waals surface area contributed by atoms with Crippen LogP contribution in [0, 0.1) is 0 Å². The van der Waals surface area contributed by atoms with Gasteiger partial charge in [0.25, 0.3) is 0 Å². The van der Waals surface area contributed by atoms with Crippen molar-refractivity contribution in [3.8, 4) is 0 Å². The standard InChI is InChI=1S/C7H6N4OS/c12-1-2-13-7-10-5-3-8-4-9-6(5)11-7/h1,3-4H,2H2,(H,8,9,10,11). The molecule has 1 N–H and O–H groups in total. The number of aromatic amines is 1.